The molecule has 1 N–H and O–H groups in total. The van der Waals surface area contributed by atoms with E-state index in [1.807, 2.05) is 13.8 Å². The highest BCUT2D eigenvalue weighted by molar-refractivity contribution is 5.89. The molecule has 0 saturated heterocycles. The molecule has 1 aliphatic rings. The van der Waals surface area contributed by atoms with Crippen molar-refractivity contribution < 1.29 is 18.7 Å². The highest BCUT2D eigenvalue weighted by atomic mass is 19.1. The lowest BCUT2D eigenvalue weighted by Crippen LogP contribution is -2.56. The number of aliphatic hydroxyl groups is 1. The van der Waals surface area contributed by atoms with Crippen molar-refractivity contribution in [1.82, 2.24) is 4.90 Å². The fourth-order valence-corrected chi connectivity index (χ4v) is 2.93. The predicted molar refractivity (Wildman–Crippen MR) is 71.2 cm³/mol. The van der Waals surface area contributed by atoms with Crippen LogP contribution in [0.25, 0.3) is 0 Å². The van der Waals surface area contributed by atoms with Gasteiger partial charge >= 0.3 is 0 Å². The minimum absolute atomic E-state index is 0.0553. The van der Waals surface area contributed by atoms with Gasteiger partial charge < -0.3 is 10.0 Å². The molecule has 0 spiro atoms. The maximum absolute atomic E-state index is 14.0. The quantitative estimate of drug-likeness (QED) is 0.920. The summed E-state index contributed by atoms with van der Waals surface area (Å²) in [5.74, 6) is -1.41. The monoisotopic (exact) mass is 283 g/mol. The number of hydrogen-bond acceptors (Lipinski definition) is 2. The number of rotatable bonds is 4. The van der Waals surface area contributed by atoms with Gasteiger partial charge in [-0.2, -0.15) is 0 Å². The number of likely N-dealkylation sites (N-methyl/N-ethyl adjacent to an activating group) is 1. The average molecular weight is 283 g/mol. The standard InChI is InChI=1S/C15H19F2NO2/c1-3-18(4-2)14(20)15(8-11(19)9-15)12-7-10(16)5-6-13(12)17/h5-7,11,19H,3-4,8-9H2,1-2H3/t11-,15+. The molecule has 2 rings (SSSR count). The molecule has 5 heteroatoms. The summed E-state index contributed by atoms with van der Waals surface area (Å²) < 4.78 is 27.4. The number of nitrogens with zero attached hydrogens (tertiary/aromatic N) is 1. The van der Waals surface area contributed by atoms with Crippen LogP contribution < -0.4 is 0 Å². The Balaban J connectivity index is 2.45. The van der Waals surface area contributed by atoms with Gasteiger partial charge in [-0.05, 0) is 44.9 Å². The van der Waals surface area contributed by atoms with Gasteiger partial charge in [0.2, 0.25) is 5.91 Å². The molecule has 110 valence electrons. The molecule has 0 heterocycles. The zero-order valence-electron chi connectivity index (χ0n) is 11.7. The number of amides is 1. The van der Waals surface area contributed by atoms with Gasteiger partial charge in [-0.15, -0.1) is 0 Å². The second-order valence-electron chi connectivity index (χ2n) is 5.25. The lowest BCUT2D eigenvalue weighted by Gasteiger charge is -2.46. The van der Waals surface area contributed by atoms with E-state index in [0.29, 0.717) is 13.1 Å². The fraction of sp³-hybridized carbons (Fsp3) is 0.533. The van der Waals surface area contributed by atoms with Crippen molar-refractivity contribution in [1.29, 1.82) is 0 Å². The van der Waals surface area contributed by atoms with Crippen molar-refractivity contribution in [3.05, 3.63) is 35.4 Å². The lowest BCUT2D eigenvalue weighted by molar-refractivity contribution is -0.146. The summed E-state index contributed by atoms with van der Waals surface area (Å²) in [7, 11) is 0. The number of carbonyl (C=O) groups is 1. The second kappa shape index (κ2) is 5.48. The normalized spacial score (nSPS) is 25.1. The molecule has 1 fully saturated rings. The van der Waals surface area contributed by atoms with Gasteiger partial charge in [-0.1, -0.05) is 0 Å². The van der Waals surface area contributed by atoms with Crippen LogP contribution in [0.3, 0.4) is 0 Å². The fourth-order valence-electron chi connectivity index (χ4n) is 2.93. The summed E-state index contributed by atoms with van der Waals surface area (Å²) in [6.07, 6.45) is -0.358. The summed E-state index contributed by atoms with van der Waals surface area (Å²) in [5, 5.41) is 9.59. The number of carbonyl (C=O) groups excluding carboxylic acids is 1. The molecular weight excluding hydrogens is 264 g/mol. The molecule has 1 aromatic rings. The molecule has 0 radical (unpaired) electrons. The Morgan fingerprint density at radius 1 is 1.35 bits per heavy atom. The van der Waals surface area contributed by atoms with E-state index in [1.54, 1.807) is 4.90 Å². The van der Waals surface area contributed by atoms with Crippen LogP contribution in [0, 0.1) is 11.6 Å². The van der Waals surface area contributed by atoms with Gasteiger partial charge in [0.1, 0.15) is 11.6 Å². The van der Waals surface area contributed by atoms with Crippen LogP contribution in [-0.2, 0) is 10.2 Å². The van der Waals surface area contributed by atoms with E-state index in [4.69, 9.17) is 0 Å². The summed E-state index contributed by atoms with van der Waals surface area (Å²) in [6.45, 7) is 4.69. The van der Waals surface area contributed by atoms with Crippen LogP contribution in [0.15, 0.2) is 18.2 Å². The Kier molecular flexibility index (Phi) is 4.09. The summed E-state index contributed by atoms with van der Waals surface area (Å²) in [6, 6.07) is 3.14. The second-order valence-corrected chi connectivity index (χ2v) is 5.25. The Labute approximate surface area is 117 Å². The van der Waals surface area contributed by atoms with Gasteiger partial charge in [0.15, 0.2) is 0 Å². The third-order valence-electron chi connectivity index (χ3n) is 4.07. The van der Waals surface area contributed by atoms with E-state index in [0.717, 1.165) is 18.2 Å². The van der Waals surface area contributed by atoms with Gasteiger partial charge in [-0.25, -0.2) is 8.78 Å². The van der Waals surface area contributed by atoms with E-state index >= 15 is 0 Å². The minimum atomic E-state index is -1.13. The third-order valence-corrected chi connectivity index (χ3v) is 4.07. The predicted octanol–water partition coefficient (Wildman–Crippen LogP) is 2.23. The first-order chi connectivity index (χ1) is 9.44. The zero-order chi connectivity index (χ0) is 14.9. The molecule has 0 aromatic heterocycles. The van der Waals surface area contributed by atoms with E-state index in [1.165, 1.54) is 0 Å². The summed E-state index contributed by atoms with van der Waals surface area (Å²) >= 11 is 0. The van der Waals surface area contributed by atoms with E-state index < -0.39 is 23.2 Å². The number of aliphatic hydroxyl groups excluding tert-OH is 1. The Bertz CT molecular complexity index is 509. The van der Waals surface area contributed by atoms with Crippen LogP contribution in [0.5, 0.6) is 0 Å². The average Bonchev–Trinajstić information content (AvgIpc) is 2.39. The lowest BCUT2D eigenvalue weighted by atomic mass is 9.61. The highest BCUT2D eigenvalue weighted by Crippen LogP contribution is 2.46. The third kappa shape index (κ3) is 2.30. The van der Waals surface area contributed by atoms with Crippen molar-refractivity contribution >= 4 is 5.91 Å². The number of hydrogen-bond donors (Lipinski definition) is 1. The molecule has 20 heavy (non-hydrogen) atoms. The van der Waals surface area contributed by atoms with Crippen LogP contribution in [0.2, 0.25) is 0 Å². The summed E-state index contributed by atoms with van der Waals surface area (Å²) in [4.78, 5) is 14.2. The molecule has 0 unspecified atom stereocenters. The molecular formula is C15H19F2NO2. The SMILES string of the molecule is CCN(CC)C(=O)[C@]1(c2cc(F)ccc2F)C[C@H](O)C1. The van der Waals surface area contributed by atoms with Crippen LogP contribution >= 0.6 is 0 Å². The molecule has 0 aliphatic heterocycles. The molecule has 0 bridgehead atoms. The van der Waals surface area contributed by atoms with Gasteiger partial charge in [0, 0.05) is 18.7 Å². The first kappa shape index (κ1) is 14.9. The van der Waals surface area contributed by atoms with Crippen molar-refractivity contribution in [2.24, 2.45) is 0 Å². The number of halogens is 2. The molecule has 3 nitrogen and oxygen atoms in total. The molecule has 1 aliphatic carbocycles. The topological polar surface area (TPSA) is 40.5 Å². The highest BCUT2D eigenvalue weighted by Gasteiger charge is 2.53. The van der Waals surface area contributed by atoms with Crippen LogP contribution in [0.1, 0.15) is 32.3 Å². The van der Waals surface area contributed by atoms with Gasteiger partial charge in [0.05, 0.1) is 11.5 Å². The maximum Gasteiger partial charge on any atom is 0.233 e. The molecule has 0 atom stereocenters. The Morgan fingerprint density at radius 3 is 2.45 bits per heavy atom. The Hall–Kier alpha value is -1.49. The maximum atomic E-state index is 14.0. The summed E-state index contributed by atoms with van der Waals surface area (Å²) in [5.41, 5.74) is -1.07. The number of benzene rings is 1. The minimum Gasteiger partial charge on any atom is -0.393 e. The van der Waals surface area contributed by atoms with E-state index in [-0.39, 0.29) is 24.3 Å². The van der Waals surface area contributed by atoms with Gasteiger partial charge in [0.25, 0.3) is 0 Å². The molecule has 1 aromatic carbocycles. The van der Waals surface area contributed by atoms with Gasteiger partial charge in [-0.3, -0.25) is 4.79 Å². The molecule has 1 amide bonds. The van der Waals surface area contributed by atoms with Crippen molar-refractivity contribution in [2.75, 3.05) is 13.1 Å². The van der Waals surface area contributed by atoms with Crippen molar-refractivity contribution in [3.63, 3.8) is 0 Å². The first-order valence-corrected chi connectivity index (χ1v) is 6.87. The largest absolute Gasteiger partial charge is 0.393 e. The van der Waals surface area contributed by atoms with Crippen molar-refractivity contribution in [2.45, 2.75) is 38.2 Å². The zero-order valence-corrected chi connectivity index (χ0v) is 11.7. The molecule has 1 saturated carbocycles. The smallest absolute Gasteiger partial charge is 0.233 e. The van der Waals surface area contributed by atoms with Crippen LogP contribution in [0.4, 0.5) is 8.78 Å². The van der Waals surface area contributed by atoms with E-state index in [2.05, 4.69) is 0 Å². The van der Waals surface area contributed by atoms with Crippen molar-refractivity contribution in [3.8, 4) is 0 Å². The van der Waals surface area contributed by atoms with Crippen LogP contribution in [-0.4, -0.2) is 35.1 Å². The Morgan fingerprint density at radius 2 is 1.95 bits per heavy atom. The van der Waals surface area contributed by atoms with E-state index in [9.17, 15) is 18.7 Å². The first-order valence-electron chi connectivity index (χ1n) is 6.87.